The lowest BCUT2D eigenvalue weighted by Crippen LogP contribution is -2.54. The molecule has 0 aliphatic heterocycles. The number of nitrogens with zero attached hydrogens (tertiary/aromatic N) is 2. The van der Waals surface area contributed by atoms with Gasteiger partial charge in [-0.3, -0.25) is 13.9 Å². The lowest BCUT2D eigenvalue weighted by Gasteiger charge is -2.34. The van der Waals surface area contributed by atoms with Crippen molar-refractivity contribution in [2.45, 2.75) is 63.8 Å². The normalized spacial score (nSPS) is 14.7. The van der Waals surface area contributed by atoms with Crippen molar-refractivity contribution >= 4 is 39.1 Å². The molecule has 236 valence electrons. The summed E-state index contributed by atoms with van der Waals surface area (Å²) in [5.41, 5.74) is 0.795. The van der Waals surface area contributed by atoms with Gasteiger partial charge in [0.05, 0.1) is 22.5 Å². The third-order valence-electron chi connectivity index (χ3n) is 7.63. The smallest absolute Gasteiger partial charge is 0.352 e. The number of anilines is 1. The van der Waals surface area contributed by atoms with Gasteiger partial charge >= 0.3 is 6.18 Å². The molecule has 1 unspecified atom stereocenters. The van der Waals surface area contributed by atoms with E-state index in [2.05, 4.69) is 5.32 Å². The van der Waals surface area contributed by atoms with Crippen LogP contribution >= 0.6 is 11.6 Å². The van der Waals surface area contributed by atoms with Crippen molar-refractivity contribution in [2.24, 2.45) is 0 Å². The number of nitrogens with one attached hydrogen (secondary N) is 1. The van der Waals surface area contributed by atoms with E-state index in [0.29, 0.717) is 15.9 Å². The summed E-state index contributed by atoms with van der Waals surface area (Å²) in [5, 5.41) is 2.79. The molecule has 0 bridgehead atoms. The Balaban J connectivity index is 1.77. The number of rotatable bonds is 11. The van der Waals surface area contributed by atoms with Gasteiger partial charge < -0.3 is 10.2 Å². The molecule has 7 nitrogen and oxygen atoms in total. The Morgan fingerprint density at radius 1 is 0.977 bits per heavy atom. The molecule has 0 spiro atoms. The predicted octanol–water partition coefficient (Wildman–Crippen LogP) is 6.13. The van der Waals surface area contributed by atoms with Crippen LogP contribution in [0.3, 0.4) is 0 Å². The van der Waals surface area contributed by atoms with Crippen LogP contribution in [-0.2, 0) is 38.8 Å². The average Bonchev–Trinajstić information content (AvgIpc) is 3.46. The van der Waals surface area contributed by atoms with Crippen LogP contribution in [0.15, 0.2) is 72.8 Å². The Morgan fingerprint density at radius 3 is 2.25 bits per heavy atom. The molecule has 0 saturated heterocycles. The zero-order valence-corrected chi connectivity index (χ0v) is 26.1. The summed E-state index contributed by atoms with van der Waals surface area (Å²) < 4.78 is 67.2. The van der Waals surface area contributed by atoms with E-state index in [1.807, 2.05) is 55.5 Å². The molecular formula is C32H35ClF3N3O4S. The van der Waals surface area contributed by atoms with Gasteiger partial charge in [-0.15, -0.1) is 0 Å². The number of halogens is 4. The van der Waals surface area contributed by atoms with Gasteiger partial charge in [0.25, 0.3) is 0 Å². The second kappa shape index (κ2) is 14.0. The van der Waals surface area contributed by atoms with Crippen molar-refractivity contribution in [2.75, 3.05) is 17.1 Å². The van der Waals surface area contributed by atoms with Crippen LogP contribution in [-0.4, -0.2) is 50.0 Å². The van der Waals surface area contributed by atoms with E-state index in [1.165, 1.54) is 4.90 Å². The maximum Gasteiger partial charge on any atom is 0.416 e. The standard InChI is InChI=1S/C32H35ClF3N3O4S/c1-22-9-8-12-24(17-22)20-38(29(18-23-10-4-3-5-11-23)31(41)37-26-13-6-7-14-26)30(40)21-39(44(2,42)43)28-19-25(32(34,35)36)15-16-27(28)33/h3-5,8-12,15-17,19,26,29H,6-7,13-14,18,20-21H2,1-2H3,(H,37,41). The second-order valence-corrected chi connectivity index (χ2v) is 13.5. The molecule has 0 heterocycles. The molecule has 2 amide bonds. The maximum atomic E-state index is 14.2. The van der Waals surface area contributed by atoms with E-state index in [1.54, 1.807) is 6.07 Å². The number of benzene rings is 3. The van der Waals surface area contributed by atoms with Gasteiger partial charge in [-0.1, -0.05) is 84.6 Å². The van der Waals surface area contributed by atoms with E-state index in [4.69, 9.17) is 11.6 Å². The second-order valence-electron chi connectivity index (χ2n) is 11.1. The van der Waals surface area contributed by atoms with E-state index in [-0.39, 0.29) is 29.9 Å². The molecule has 4 rings (SSSR count). The fourth-order valence-electron chi connectivity index (χ4n) is 5.40. The van der Waals surface area contributed by atoms with E-state index >= 15 is 0 Å². The summed E-state index contributed by atoms with van der Waals surface area (Å²) in [5.74, 6) is -1.15. The summed E-state index contributed by atoms with van der Waals surface area (Å²) in [7, 11) is -4.30. The zero-order valence-electron chi connectivity index (χ0n) is 24.5. The molecule has 1 N–H and O–H groups in total. The van der Waals surface area contributed by atoms with Gasteiger partial charge in [0.15, 0.2) is 0 Å². The largest absolute Gasteiger partial charge is 0.416 e. The topological polar surface area (TPSA) is 86.8 Å². The number of hydrogen-bond acceptors (Lipinski definition) is 4. The minimum atomic E-state index is -4.77. The highest BCUT2D eigenvalue weighted by atomic mass is 35.5. The van der Waals surface area contributed by atoms with Gasteiger partial charge in [-0.2, -0.15) is 13.2 Å². The molecule has 3 aromatic carbocycles. The molecule has 44 heavy (non-hydrogen) atoms. The van der Waals surface area contributed by atoms with Crippen LogP contribution in [0.1, 0.15) is 47.9 Å². The molecule has 12 heteroatoms. The molecule has 1 fully saturated rings. The first kappa shape index (κ1) is 33.3. The van der Waals surface area contributed by atoms with Crippen molar-refractivity contribution < 1.29 is 31.2 Å². The van der Waals surface area contributed by atoms with Crippen LogP contribution < -0.4 is 9.62 Å². The van der Waals surface area contributed by atoms with Crippen LogP contribution in [0.5, 0.6) is 0 Å². The average molecular weight is 650 g/mol. The Kier molecular flexibility index (Phi) is 10.6. The number of aryl methyl sites for hydroxylation is 1. The van der Waals surface area contributed by atoms with E-state index in [9.17, 15) is 31.2 Å². The number of amides is 2. The number of alkyl halides is 3. The summed E-state index contributed by atoms with van der Waals surface area (Å²) in [4.78, 5) is 29.4. The van der Waals surface area contributed by atoms with Crippen molar-refractivity contribution in [3.05, 3.63) is 100 Å². The van der Waals surface area contributed by atoms with Gasteiger partial charge in [0, 0.05) is 19.0 Å². The van der Waals surface area contributed by atoms with Crippen LogP contribution in [0.2, 0.25) is 5.02 Å². The molecule has 1 atom stereocenters. The molecule has 0 radical (unpaired) electrons. The summed E-state index contributed by atoms with van der Waals surface area (Å²) in [6.07, 6.45) is -0.279. The molecule has 3 aromatic rings. The highest BCUT2D eigenvalue weighted by Gasteiger charge is 2.36. The zero-order chi connectivity index (χ0) is 32.1. The van der Waals surface area contributed by atoms with Crippen LogP contribution in [0.25, 0.3) is 0 Å². The number of hydrogen-bond donors (Lipinski definition) is 1. The first-order valence-corrected chi connectivity index (χ1v) is 16.5. The van der Waals surface area contributed by atoms with E-state index in [0.717, 1.165) is 55.2 Å². The highest BCUT2D eigenvalue weighted by Crippen LogP contribution is 2.36. The predicted molar refractivity (Wildman–Crippen MR) is 165 cm³/mol. The Bertz CT molecular complexity index is 1580. The SMILES string of the molecule is Cc1cccc(CN(C(=O)CN(c2cc(C(F)(F)F)ccc2Cl)S(C)(=O)=O)C(Cc2ccccc2)C(=O)NC2CCCC2)c1. The van der Waals surface area contributed by atoms with Crippen molar-refractivity contribution in [3.8, 4) is 0 Å². The quantitative estimate of drug-likeness (QED) is 0.271. The third-order valence-corrected chi connectivity index (χ3v) is 9.08. The number of carbonyl (C=O) groups excluding carboxylic acids is 2. The minimum Gasteiger partial charge on any atom is -0.352 e. The molecular weight excluding hydrogens is 615 g/mol. The summed E-state index contributed by atoms with van der Waals surface area (Å²) >= 11 is 6.21. The fourth-order valence-corrected chi connectivity index (χ4v) is 6.53. The van der Waals surface area contributed by atoms with Crippen molar-refractivity contribution in [1.82, 2.24) is 10.2 Å². The molecule has 1 aliphatic carbocycles. The lowest BCUT2D eigenvalue weighted by molar-refractivity contribution is -0.140. The van der Waals surface area contributed by atoms with Crippen molar-refractivity contribution in [3.63, 3.8) is 0 Å². The lowest BCUT2D eigenvalue weighted by atomic mass is 10.0. The van der Waals surface area contributed by atoms with E-state index < -0.39 is 45.9 Å². The molecule has 1 saturated carbocycles. The fraction of sp³-hybridized carbons (Fsp3) is 0.375. The number of sulfonamides is 1. The van der Waals surface area contributed by atoms with Gasteiger partial charge in [-0.25, -0.2) is 8.42 Å². The summed E-state index contributed by atoms with van der Waals surface area (Å²) in [6.45, 7) is 0.975. The Morgan fingerprint density at radius 2 is 1.64 bits per heavy atom. The third kappa shape index (κ3) is 8.75. The van der Waals surface area contributed by atoms with Gasteiger partial charge in [0.2, 0.25) is 21.8 Å². The Hall–Kier alpha value is -3.57. The highest BCUT2D eigenvalue weighted by molar-refractivity contribution is 7.92. The van der Waals surface area contributed by atoms with Crippen molar-refractivity contribution in [1.29, 1.82) is 0 Å². The van der Waals surface area contributed by atoms with Gasteiger partial charge in [-0.05, 0) is 49.1 Å². The first-order valence-electron chi connectivity index (χ1n) is 14.3. The monoisotopic (exact) mass is 649 g/mol. The maximum absolute atomic E-state index is 14.2. The van der Waals surface area contributed by atoms with Crippen LogP contribution in [0.4, 0.5) is 18.9 Å². The minimum absolute atomic E-state index is 0.0377. The Labute approximate surface area is 261 Å². The number of carbonyl (C=O) groups is 2. The first-order chi connectivity index (χ1) is 20.7. The molecule has 1 aliphatic rings. The van der Waals surface area contributed by atoms with Gasteiger partial charge in [0.1, 0.15) is 12.6 Å². The molecule has 0 aromatic heterocycles. The van der Waals surface area contributed by atoms with Crippen LogP contribution in [0, 0.1) is 6.92 Å². The summed E-state index contributed by atoms with van der Waals surface area (Å²) in [6, 6.07) is 17.7.